The highest BCUT2D eigenvalue weighted by Crippen LogP contribution is 2.31. The summed E-state index contributed by atoms with van der Waals surface area (Å²) >= 11 is 6.26. The van der Waals surface area contributed by atoms with Crippen LogP contribution in [0.3, 0.4) is 0 Å². The predicted octanol–water partition coefficient (Wildman–Crippen LogP) is 3.49. The van der Waals surface area contributed by atoms with Crippen molar-refractivity contribution in [3.63, 3.8) is 0 Å². The number of nitrogens with zero attached hydrogens (tertiary/aromatic N) is 1. The molecular formula is C21H23ClN2O3. The molecule has 3 heterocycles. The molecule has 1 aromatic heterocycles. The van der Waals surface area contributed by atoms with E-state index in [-0.39, 0.29) is 17.4 Å². The molecule has 2 amide bonds. The zero-order valence-corrected chi connectivity index (χ0v) is 15.9. The molecule has 1 N–H and O–H groups in total. The normalized spacial score (nSPS) is 21.8. The van der Waals surface area contributed by atoms with E-state index >= 15 is 0 Å². The fraction of sp³-hybridized carbons (Fsp3) is 0.429. The molecule has 1 fully saturated rings. The van der Waals surface area contributed by atoms with Crippen LogP contribution in [0.4, 0.5) is 0 Å². The first kappa shape index (κ1) is 18.1. The Bertz CT molecular complexity index is 849. The number of furan rings is 1. The van der Waals surface area contributed by atoms with E-state index in [0.29, 0.717) is 38.8 Å². The Morgan fingerprint density at radius 3 is 2.89 bits per heavy atom. The SMILES string of the molecule is O=C1CC[C@](CCC(=O)N2CCc3c(Cl)cccc3C2)(Cc2ccco2)N1. The van der Waals surface area contributed by atoms with Crippen LogP contribution >= 0.6 is 11.6 Å². The van der Waals surface area contributed by atoms with Crippen molar-refractivity contribution in [1.29, 1.82) is 0 Å². The standard InChI is InChI=1S/C21H23ClN2O3/c22-18-5-1-3-15-14-24(11-8-17(15)18)20(26)7-10-21(9-6-19(25)23-21)13-16-4-2-12-27-16/h1-5,12H,6-11,13-14H2,(H,23,25)/t21-/m0/s1. The number of hydrogen-bond acceptors (Lipinski definition) is 3. The highest BCUT2D eigenvalue weighted by molar-refractivity contribution is 6.31. The lowest BCUT2D eigenvalue weighted by molar-refractivity contribution is -0.132. The summed E-state index contributed by atoms with van der Waals surface area (Å²) in [7, 11) is 0. The molecule has 0 unspecified atom stereocenters. The molecule has 5 nitrogen and oxygen atoms in total. The summed E-state index contributed by atoms with van der Waals surface area (Å²) in [5.41, 5.74) is 1.89. The van der Waals surface area contributed by atoms with E-state index < -0.39 is 0 Å². The van der Waals surface area contributed by atoms with Crippen molar-refractivity contribution in [1.82, 2.24) is 10.2 Å². The number of benzene rings is 1. The maximum atomic E-state index is 12.8. The van der Waals surface area contributed by atoms with Gasteiger partial charge in [0, 0.05) is 42.9 Å². The second-order valence-electron chi connectivity index (χ2n) is 7.53. The van der Waals surface area contributed by atoms with Gasteiger partial charge in [-0.2, -0.15) is 0 Å². The molecule has 2 aliphatic rings. The van der Waals surface area contributed by atoms with Gasteiger partial charge in [0.2, 0.25) is 11.8 Å². The van der Waals surface area contributed by atoms with Crippen LogP contribution in [0.5, 0.6) is 0 Å². The van der Waals surface area contributed by atoms with Crippen LogP contribution in [0.2, 0.25) is 5.02 Å². The van der Waals surface area contributed by atoms with Crippen LogP contribution in [-0.2, 0) is 29.0 Å². The van der Waals surface area contributed by atoms with Gasteiger partial charge in [0.1, 0.15) is 5.76 Å². The van der Waals surface area contributed by atoms with E-state index in [1.54, 1.807) is 6.26 Å². The molecule has 0 spiro atoms. The van der Waals surface area contributed by atoms with Crippen LogP contribution < -0.4 is 5.32 Å². The lowest BCUT2D eigenvalue weighted by Crippen LogP contribution is -2.45. The molecule has 0 bridgehead atoms. The van der Waals surface area contributed by atoms with Crippen molar-refractivity contribution in [3.8, 4) is 0 Å². The first-order valence-electron chi connectivity index (χ1n) is 9.42. The minimum atomic E-state index is -0.387. The van der Waals surface area contributed by atoms with E-state index in [4.69, 9.17) is 16.0 Å². The topological polar surface area (TPSA) is 62.6 Å². The largest absolute Gasteiger partial charge is 0.469 e. The van der Waals surface area contributed by atoms with Crippen molar-refractivity contribution in [2.45, 2.75) is 50.6 Å². The Labute approximate surface area is 163 Å². The summed E-state index contributed by atoms with van der Waals surface area (Å²) in [6.07, 6.45) is 5.32. The third-order valence-electron chi connectivity index (χ3n) is 5.71. The number of hydrogen-bond donors (Lipinski definition) is 1. The summed E-state index contributed by atoms with van der Waals surface area (Å²) in [5.74, 6) is 1.02. The first-order chi connectivity index (χ1) is 13.0. The van der Waals surface area contributed by atoms with E-state index in [1.807, 2.05) is 35.2 Å². The van der Waals surface area contributed by atoms with Crippen molar-refractivity contribution < 1.29 is 14.0 Å². The fourth-order valence-corrected chi connectivity index (χ4v) is 4.50. The second kappa shape index (κ2) is 7.39. The molecule has 1 aromatic carbocycles. The lowest BCUT2D eigenvalue weighted by Gasteiger charge is -2.32. The summed E-state index contributed by atoms with van der Waals surface area (Å²) in [5, 5.41) is 3.88. The van der Waals surface area contributed by atoms with Crippen LogP contribution in [0.25, 0.3) is 0 Å². The number of fused-ring (bicyclic) bond motifs is 1. The maximum Gasteiger partial charge on any atom is 0.222 e. The summed E-state index contributed by atoms with van der Waals surface area (Å²) in [4.78, 5) is 26.6. The van der Waals surface area contributed by atoms with Gasteiger partial charge in [0.05, 0.1) is 6.26 Å². The minimum absolute atomic E-state index is 0.0514. The molecule has 2 aromatic rings. The zero-order chi connectivity index (χ0) is 18.9. The fourth-order valence-electron chi connectivity index (χ4n) is 4.21. The molecule has 6 heteroatoms. The Hall–Kier alpha value is -2.27. The number of rotatable bonds is 5. The summed E-state index contributed by atoms with van der Waals surface area (Å²) in [6.45, 7) is 1.29. The molecule has 142 valence electrons. The number of carbonyl (C=O) groups excluding carboxylic acids is 2. The van der Waals surface area contributed by atoms with Gasteiger partial charge in [-0.3, -0.25) is 9.59 Å². The van der Waals surface area contributed by atoms with E-state index in [2.05, 4.69) is 5.32 Å². The van der Waals surface area contributed by atoms with Crippen molar-refractivity contribution in [3.05, 3.63) is 58.5 Å². The lowest BCUT2D eigenvalue weighted by atomic mass is 9.86. The summed E-state index contributed by atoms with van der Waals surface area (Å²) < 4.78 is 5.47. The van der Waals surface area contributed by atoms with Crippen LogP contribution in [0.1, 0.15) is 42.6 Å². The molecule has 4 rings (SSSR count). The predicted molar refractivity (Wildman–Crippen MR) is 102 cm³/mol. The highest BCUT2D eigenvalue weighted by Gasteiger charge is 2.39. The molecule has 1 saturated heterocycles. The van der Waals surface area contributed by atoms with Crippen LogP contribution in [0.15, 0.2) is 41.0 Å². The Morgan fingerprint density at radius 1 is 1.26 bits per heavy atom. The molecule has 27 heavy (non-hydrogen) atoms. The average molecular weight is 387 g/mol. The highest BCUT2D eigenvalue weighted by atomic mass is 35.5. The van der Waals surface area contributed by atoms with Gasteiger partial charge in [-0.05, 0) is 48.6 Å². The summed E-state index contributed by atoms with van der Waals surface area (Å²) in [6, 6.07) is 9.64. The Balaban J connectivity index is 1.41. The first-order valence-corrected chi connectivity index (χ1v) is 9.80. The van der Waals surface area contributed by atoms with Gasteiger partial charge in [0.15, 0.2) is 0 Å². The second-order valence-corrected chi connectivity index (χ2v) is 7.93. The molecule has 2 aliphatic heterocycles. The van der Waals surface area contributed by atoms with Gasteiger partial charge in [-0.25, -0.2) is 0 Å². The van der Waals surface area contributed by atoms with Gasteiger partial charge in [0.25, 0.3) is 0 Å². The number of halogens is 1. The molecular weight excluding hydrogens is 364 g/mol. The van der Waals surface area contributed by atoms with Gasteiger partial charge in [-0.1, -0.05) is 23.7 Å². The zero-order valence-electron chi connectivity index (χ0n) is 15.2. The third-order valence-corrected chi connectivity index (χ3v) is 6.06. The molecule has 1 atom stereocenters. The smallest absolute Gasteiger partial charge is 0.222 e. The Morgan fingerprint density at radius 2 is 2.15 bits per heavy atom. The molecule has 0 saturated carbocycles. The minimum Gasteiger partial charge on any atom is -0.469 e. The van der Waals surface area contributed by atoms with Gasteiger partial charge in [-0.15, -0.1) is 0 Å². The number of amides is 2. The quantitative estimate of drug-likeness (QED) is 0.855. The molecule has 0 radical (unpaired) electrons. The van der Waals surface area contributed by atoms with E-state index in [1.165, 1.54) is 0 Å². The third kappa shape index (κ3) is 3.88. The number of carbonyl (C=O) groups is 2. The monoisotopic (exact) mass is 386 g/mol. The Kier molecular flexibility index (Phi) is 4.96. The van der Waals surface area contributed by atoms with E-state index in [9.17, 15) is 9.59 Å². The van der Waals surface area contributed by atoms with E-state index in [0.717, 1.165) is 34.8 Å². The van der Waals surface area contributed by atoms with Crippen molar-refractivity contribution >= 4 is 23.4 Å². The van der Waals surface area contributed by atoms with Gasteiger partial charge < -0.3 is 14.6 Å². The van der Waals surface area contributed by atoms with Crippen molar-refractivity contribution in [2.24, 2.45) is 0 Å². The average Bonchev–Trinajstić information content (AvgIpc) is 3.30. The maximum absolute atomic E-state index is 12.8. The van der Waals surface area contributed by atoms with Crippen molar-refractivity contribution in [2.75, 3.05) is 6.54 Å². The van der Waals surface area contributed by atoms with Gasteiger partial charge >= 0.3 is 0 Å². The van der Waals surface area contributed by atoms with Crippen LogP contribution in [-0.4, -0.2) is 28.8 Å². The molecule has 0 aliphatic carbocycles. The number of nitrogens with one attached hydrogen (secondary N) is 1. The van der Waals surface area contributed by atoms with Crippen LogP contribution in [0, 0.1) is 0 Å².